The van der Waals surface area contributed by atoms with Gasteiger partial charge in [0.1, 0.15) is 5.82 Å². The van der Waals surface area contributed by atoms with E-state index in [-0.39, 0.29) is 0 Å². The minimum atomic E-state index is 0.926. The number of hydrogen-bond donors (Lipinski definition) is 1. The van der Waals surface area contributed by atoms with Crippen molar-refractivity contribution in [2.75, 3.05) is 25.0 Å². The first-order chi connectivity index (χ1) is 6.86. The fourth-order valence-electron chi connectivity index (χ4n) is 1.26. The van der Waals surface area contributed by atoms with E-state index in [1.54, 1.807) is 6.20 Å². The Labute approximate surface area is 86.8 Å². The lowest BCUT2D eigenvalue weighted by Crippen LogP contribution is -2.30. The first-order valence-electron chi connectivity index (χ1n) is 5.05. The summed E-state index contributed by atoms with van der Waals surface area (Å²) in [5, 5.41) is 3.27. The van der Waals surface area contributed by atoms with Gasteiger partial charge in [-0.2, -0.15) is 0 Å². The van der Waals surface area contributed by atoms with E-state index >= 15 is 0 Å². The molecule has 0 aliphatic heterocycles. The third-order valence-corrected chi connectivity index (χ3v) is 2.14. The summed E-state index contributed by atoms with van der Waals surface area (Å²) in [6.45, 7) is 7.21. The van der Waals surface area contributed by atoms with Crippen LogP contribution < -0.4 is 5.32 Å². The molecule has 0 aromatic carbocycles. The number of likely N-dealkylation sites (N-methyl/N-ethyl adjacent to an activating group) is 1. The van der Waals surface area contributed by atoms with Crippen molar-refractivity contribution in [3.8, 4) is 0 Å². The highest BCUT2D eigenvalue weighted by molar-refractivity contribution is 6.29. The van der Waals surface area contributed by atoms with Gasteiger partial charge in [0.05, 0.1) is 0 Å². The molecule has 1 N–H and O–H groups in total. The molecule has 0 atom stereocenters. The molecule has 0 aliphatic carbocycles. The van der Waals surface area contributed by atoms with Gasteiger partial charge in [0.25, 0.3) is 0 Å². The van der Waals surface area contributed by atoms with Gasteiger partial charge in [-0.1, -0.05) is 19.8 Å². The summed E-state index contributed by atoms with van der Waals surface area (Å²) in [6, 6.07) is 5.88. The Morgan fingerprint density at radius 1 is 1.50 bits per heavy atom. The smallest absolute Gasteiger partial charge is 0.205 e. The number of hydrogen-bond acceptors (Lipinski definition) is 3. The van der Waals surface area contributed by atoms with Crippen LogP contribution in [-0.2, 0) is 0 Å². The zero-order chi connectivity index (χ0) is 10.2. The van der Waals surface area contributed by atoms with Crippen molar-refractivity contribution in [2.24, 2.45) is 0 Å². The van der Waals surface area contributed by atoms with Gasteiger partial charge < -0.3 is 10.1 Å². The van der Waals surface area contributed by atoms with Crippen molar-refractivity contribution in [2.45, 2.75) is 13.7 Å². The molecule has 1 aromatic heterocycles. The molecule has 75 valence electrons. The van der Waals surface area contributed by atoms with Crippen molar-refractivity contribution in [3.05, 3.63) is 24.4 Å². The maximum absolute atomic E-state index is 4.19. The van der Waals surface area contributed by atoms with Crippen LogP contribution >= 0.6 is 0 Å². The van der Waals surface area contributed by atoms with Gasteiger partial charge in [0, 0.05) is 19.3 Å². The van der Waals surface area contributed by atoms with Crippen LogP contribution in [0.2, 0.25) is 6.82 Å². The summed E-state index contributed by atoms with van der Waals surface area (Å²) in [4.78, 5) is 6.45. The molecule has 3 nitrogen and oxygen atoms in total. The van der Waals surface area contributed by atoms with Crippen LogP contribution in [0.5, 0.6) is 0 Å². The van der Waals surface area contributed by atoms with E-state index in [1.807, 2.05) is 18.2 Å². The second-order valence-corrected chi connectivity index (χ2v) is 3.03. The van der Waals surface area contributed by atoms with E-state index in [2.05, 4.69) is 36.3 Å². The van der Waals surface area contributed by atoms with Crippen molar-refractivity contribution in [1.29, 1.82) is 0 Å². The molecular weight excluding hydrogens is 173 g/mol. The second kappa shape index (κ2) is 6.43. The van der Waals surface area contributed by atoms with Crippen LogP contribution in [-0.4, -0.2) is 36.8 Å². The third kappa shape index (κ3) is 3.79. The molecule has 14 heavy (non-hydrogen) atoms. The molecule has 0 saturated heterocycles. The van der Waals surface area contributed by atoms with Gasteiger partial charge in [-0.15, -0.1) is 0 Å². The molecule has 1 heterocycles. The molecule has 0 unspecified atom stereocenters. The zero-order valence-electron chi connectivity index (χ0n) is 8.90. The van der Waals surface area contributed by atoms with Gasteiger partial charge in [0.2, 0.25) is 7.41 Å². The summed E-state index contributed by atoms with van der Waals surface area (Å²) in [7, 11) is 2.11. The maximum Gasteiger partial charge on any atom is 0.205 e. The molecule has 4 heteroatoms. The van der Waals surface area contributed by atoms with Gasteiger partial charge in [0.15, 0.2) is 0 Å². The van der Waals surface area contributed by atoms with E-state index in [0.717, 1.165) is 25.5 Å². The van der Waals surface area contributed by atoms with E-state index in [0.29, 0.717) is 0 Å². The topological polar surface area (TPSA) is 28.2 Å². The molecule has 0 fully saturated rings. The fraction of sp³-hybridized carbons (Fsp3) is 0.500. The fourth-order valence-corrected chi connectivity index (χ4v) is 1.26. The Kier molecular flexibility index (Phi) is 5.08. The summed E-state index contributed by atoms with van der Waals surface area (Å²) < 4.78 is 0. The number of anilines is 1. The highest BCUT2D eigenvalue weighted by Crippen LogP contribution is 1.98. The number of aromatic nitrogens is 1. The average Bonchev–Trinajstić information content (AvgIpc) is 2.26. The molecule has 1 aromatic rings. The van der Waals surface area contributed by atoms with Crippen LogP contribution in [0, 0.1) is 0 Å². The SMILES string of the molecule is C[B]N(CC)CCNc1ccccn1. The highest BCUT2D eigenvalue weighted by Gasteiger charge is 1.98. The van der Waals surface area contributed by atoms with Gasteiger partial charge in [-0.05, 0) is 18.7 Å². The zero-order valence-corrected chi connectivity index (χ0v) is 8.90. The molecule has 1 rings (SSSR count). The Morgan fingerprint density at radius 2 is 2.36 bits per heavy atom. The van der Waals surface area contributed by atoms with E-state index < -0.39 is 0 Å². The van der Waals surface area contributed by atoms with Crippen LogP contribution in [0.1, 0.15) is 6.92 Å². The first-order valence-corrected chi connectivity index (χ1v) is 5.05. The lowest BCUT2D eigenvalue weighted by molar-refractivity contribution is 0.485. The monoisotopic (exact) mass is 190 g/mol. The van der Waals surface area contributed by atoms with Crippen LogP contribution in [0.3, 0.4) is 0 Å². The average molecular weight is 190 g/mol. The molecule has 1 radical (unpaired) electrons. The second-order valence-electron chi connectivity index (χ2n) is 3.03. The Hall–Kier alpha value is -1.03. The largest absolute Gasteiger partial charge is 0.369 e. The number of rotatable bonds is 6. The normalized spacial score (nSPS) is 10.2. The number of nitrogens with one attached hydrogen (secondary N) is 1. The highest BCUT2D eigenvalue weighted by atomic mass is 15.1. The van der Waals surface area contributed by atoms with Crippen molar-refractivity contribution in [3.63, 3.8) is 0 Å². The van der Waals surface area contributed by atoms with Crippen LogP contribution in [0.4, 0.5) is 5.82 Å². The quantitative estimate of drug-likeness (QED) is 0.688. The summed E-state index contributed by atoms with van der Waals surface area (Å²) in [5.74, 6) is 0.944. The minimum Gasteiger partial charge on any atom is -0.369 e. The molecule has 0 amide bonds. The molecular formula is C10H17BN3. The Balaban J connectivity index is 2.21. The predicted molar refractivity (Wildman–Crippen MR) is 61.6 cm³/mol. The molecule has 0 saturated carbocycles. The molecule has 0 bridgehead atoms. The van der Waals surface area contributed by atoms with Gasteiger partial charge >= 0.3 is 0 Å². The van der Waals surface area contributed by atoms with E-state index in [1.165, 1.54) is 0 Å². The number of pyridine rings is 1. The third-order valence-electron chi connectivity index (χ3n) is 2.14. The van der Waals surface area contributed by atoms with Crippen molar-refractivity contribution < 1.29 is 0 Å². The van der Waals surface area contributed by atoms with Crippen LogP contribution in [0.25, 0.3) is 0 Å². The summed E-state index contributed by atoms with van der Waals surface area (Å²) in [5.41, 5.74) is 0. The first kappa shape index (κ1) is 11.1. The van der Waals surface area contributed by atoms with Gasteiger partial charge in [-0.3, -0.25) is 0 Å². The minimum absolute atomic E-state index is 0.926. The lowest BCUT2D eigenvalue weighted by atomic mass is 9.96. The van der Waals surface area contributed by atoms with E-state index in [4.69, 9.17) is 0 Å². The lowest BCUT2D eigenvalue weighted by Gasteiger charge is -2.17. The van der Waals surface area contributed by atoms with E-state index in [9.17, 15) is 0 Å². The standard InChI is InChI=1S/C10H17BN3/c1-3-14(11-2)9-8-13-10-6-4-5-7-12-10/h4-7H,3,8-9H2,1-2H3,(H,12,13). The Bertz CT molecular complexity index is 236. The van der Waals surface area contributed by atoms with Crippen molar-refractivity contribution in [1.82, 2.24) is 9.79 Å². The summed E-state index contributed by atoms with van der Waals surface area (Å²) >= 11 is 0. The van der Waals surface area contributed by atoms with Crippen molar-refractivity contribution >= 4 is 13.2 Å². The van der Waals surface area contributed by atoms with Crippen LogP contribution in [0.15, 0.2) is 24.4 Å². The summed E-state index contributed by atoms with van der Waals surface area (Å²) in [6.07, 6.45) is 1.80. The molecule has 0 spiro atoms. The number of nitrogens with zero attached hydrogens (tertiary/aromatic N) is 2. The predicted octanol–water partition coefficient (Wildman–Crippen LogP) is 1.48. The van der Waals surface area contributed by atoms with Gasteiger partial charge in [-0.25, -0.2) is 4.98 Å². The molecule has 0 aliphatic rings. The maximum atomic E-state index is 4.19. The Morgan fingerprint density at radius 3 is 2.93 bits per heavy atom.